The topological polar surface area (TPSA) is 75.7 Å². The van der Waals surface area contributed by atoms with E-state index < -0.39 is 17.8 Å². The first-order valence-corrected chi connectivity index (χ1v) is 11.7. The molecule has 3 aromatic carbocycles. The summed E-state index contributed by atoms with van der Waals surface area (Å²) in [5, 5.41) is 3.00. The van der Waals surface area contributed by atoms with Crippen LogP contribution in [-0.2, 0) is 16.2 Å². The zero-order chi connectivity index (χ0) is 25.3. The number of benzene rings is 3. The minimum atomic E-state index is -0.921. The molecule has 0 saturated carbocycles. The van der Waals surface area contributed by atoms with E-state index in [-0.39, 0.29) is 49.3 Å². The number of hydrogen-bond acceptors (Lipinski definition) is 4. The van der Waals surface area contributed by atoms with Crippen LogP contribution in [0.4, 0.5) is 10.5 Å². The van der Waals surface area contributed by atoms with Crippen LogP contribution in [0.25, 0.3) is 6.08 Å². The summed E-state index contributed by atoms with van der Waals surface area (Å²) in [5.41, 5.74) is 2.10. The van der Waals surface area contributed by atoms with Gasteiger partial charge >= 0.3 is 6.03 Å². The summed E-state index contributed by atoms with van der Waals surface area (Å²) < 4.78 is 5.93. The van der Waals surface area contributed by atoms with Crippen molar-refractivity contribution in [3.05, 3.63) is 97.0 Å². The maximum absolute atomic E-state index is 13.2. The Balaban J connectivity index is 1.71. The summed E-state index contributed by atoms with van der Waals surface area (Å²) >= 11 is 24.5. The van der Waals surface area contributed by atoms with Gasteiger partial charge in [0.1, 0.15) is 17.9 Å². The molecule has 0 unspecified atom stereocenters. The van der Waals surface area contributed by atoms with Gasteiger partial charge in [-0.25, -0.2) is 9.69 Å². The van der Waals surface area contributed by atoms with Crippen molar-refractivity contribution < 1.29 is 19.1 Å². The third-order valence-electron chi connectivity index (χ3n) is 5.10. The van der Waals surface area contributed by atoms with Crippen molar-refractivity contribution in [2.24, 2.45) is 0 Å². The summed E-state index contributed by atoms with van der Waals surface area (Å²) in [6.45, 7) is 2.16. The van der Waals surface area contributed by atoms with E-state index in [4.69, 9.17) is 51.1 Å². The summed E-state index contributed by atoms with van der Waals surface area (Å²) in [6, 6.07) is 14.0. The summed E-state index contributed by atoms with van der Waals surface area (Å²) in [4.78, 5) is 39.1. The zero-order valence-electron chi connectivity index (χ0n) is 18.1. The second-order valence-corrected chi connectivity index (χ2v) is 9.29. The van der Waals surface area contributed by atoms with Gasteiger partial charge in [0.05, 0.1) is 20.8 Å². The van der Waals surface area contributed by atoms with Gasteiger partial charge in [-0.15, -0.1) is 0 Å². The summed E-state index contributed by atoms with van der Waals surface area (Å²) in [5.74, 6) is -1.52. The molecule has 4 rings (SSSR count). The molecule has 6 nitrogen and oxygen atoms in total. The number of nitrogens with zero attached hydrogens (tertiary/aromatic N) is 1. The average Bonchev–Trinajstić information content (AvgIpc) is 2.79. The Morgan fingerprint density at radius 3 is 2.29 bits per heavy atom. The molecular formula is C25H16Cl4N2O4. The van der Waals surface area contributed by atoms with E-state index in [0.29, 0.717) is 0 Å². The average molecular weight is 550 g/mol. The number of carbonyl (C=O) groups is 3. The smallest absolute Gasteiger partial charge is 0.335 e. The fraction of sp³-hybridized carbons (Fsp3) is 0.0800. The van der Waals surface area contributed by atoms with Crippen molar-refractivity contribution in [2.45, 2.75) is 13.5 Å². The molecule has 1 fully saturated rings. The van der Waals surface area contributed by atoms with Crippen LogP contribution >= 0.6 is 46.4 Å². The minimum Gasteiger partial charge on any atom is -0.487 e. The molecule has 0 bridgehead atoms. The van der Waals surface area contributed by atoms with Crippen LogP contribution in [0.1, 0.15) is 16.7 Å². The lowest BCUT2D eigenvalue weighted by Gasteiger charge is -2.26. The molecule has 0 aliphatic carbocycles. The number of urea groups is 1. The van der Waals surface area contributed by atoms with E-state index in [2.05, 4.69) is 5.32 Å². The third-order valence-corrected chi connectivity index (χ3v) is 6.34. The summed E-state index contributed by atoms with van der Waals surface area (Å²) in [6.07, 6.45) is 1.27. The second-order valence-electron chi connectivity index (χ2n) is 7.64. The third kappa shape index (κ3) is 5.46. The van der Waals surface area contributed by atoms with Crippen LogP contribution in [0.2, 0.25) is 20.1 Å². The van der Waals surface area contributed by atoms with Gasteiger partial charge in [0.25, 0.3) is 11.8 Å². The fourth-order valence-electron chi connectivity index (χ4n) is 3.35. The molecule has 35 heavy (non-hydrogen) atoms. The first-order valence-electron chi connectivity index (χ1n) is 10.2. The van der Waals surface area contributed by atoms with Gasteiger partial charge in [0.15, 0.2) is 0 Å². The number of halogens is 4. The lowest BCUT2D eigenvalue weighted by Crippen LogP contribution is -2.54. The first-order chi connectivity index (χ1) is 16.6. The molecule has 10 heteroatoms. The highest BCUT2D eigenvalue weighted by Gasteiger charge is 2.37. The molecule has 1 aliphatic heterocycles. The van der Waals surface area contributed by atoms with Gasteiger partial charge in [-0.05, 0) is 48.9 Å². The first kappa shape index (κ1) is 25.1. The van der Waals surface area contributed by atoms with Crippen LogP contribution in [-0.4, -0.2) is 17.8 Å². The molecule has 1 N–H and O–H groups in total. The Morgan fingerprint density at radius 1 is 0.886 bits per heavy atom. The quantitative estimate of drug-likeness (QED) is 0.279. The van der Waals surface area contributed by atoms with E-state index in [0.717, 1.165) is 16.0 Å². The van der Waals surface area contributed by atoms with Crippen LogP contribution < -0.4 is 15.0 Å². The Labute approximate surface area is 221 Å². The molecule has 4 amide bonds. The number of barbiturate groups is 1. The molecule has 0 radical (unpaired) electrons. The summed E-state index contributed by atoms with van der Waals surface area (Å²) in [7, 11) is 0. The van der Waals surface area contributed by atoms with Gasteiger partial charge < -0.3 is 4.74 Å². The number of ether oxygens (including phenoxy) is 1. The number of amides is 4. The van der Waals surface area contributed by atoms with Crippen molar-refractivity contribution in [2.75, 3.05) is 4.90 Å². The largest absolute Gasteiger partial charge is 0.487 e. The highest BCUT2D eigenvalue weighted by Crippen LogP contribution is 2.36. The molecule has 178 valence electrons. The minimum absolute atomic E-state index is 0.139. The Bertz CT molecular complexity index is 1390. The molecule has 1 saturated heterocycles. The van der Waals surface area contributed by atoms with E-state index >= 15 is 0 Å². The van der Waals surface area contributed by atoms with Crippen molar-refractivity contribution in [1.82, 2.24) is 5.32 Å². The second kappa shape index (κ2) is 10.3. The van der Waals surface area contributed by atoms with Crippen molar-refractivity contribution in [3.63, 3.8) is 0 Å². The van der Waals surface area contributed by atoms with E-state index in [1.165, 1.54) is 36.4 Å². The monoisotopic (exact) mass is 548 g/mol. The van der Waals surface area contributed by atoms with Crippen LogP contribution in [0.3, 0.4) is 0 Å². The molecular weight excluding hydrogens is 534 g/mol. The molecule has 3 aromatic rings. The lowest BCUT2D eigenvalue weighted by atomic mass is 10.1. The van der Waals surface area contributed by atoms with Crippen LogP contribution in [0.15, 0.2) is 60.2 Å². The molecule has 1 aliphatic rings. The number of imide groups is 2. The van der Waals surface area contributed by atoms with Gasteiger partial charge in [0, 0.05) is 10.6 Å². The van der Waals surface area contributed by atoms with Crippen LogP contribution in [0, 0.1) is 6.92 Å². The predicted molar refractivity (Wildman–Crippen MR) is 137 cm³/mol. The number of aryl methyl sites for hydroxylation is 1. The molecule has 1 heterocycles. The highest BCUT2D eigenvalue weighted by molar-refractivity contribution is 6.43. The van der Waals surface area contributed by atoms with E-state index in [1.54, 1.807) is 0 Å². The molecule has 0 atom stereocenters. The standard InChI is InChI=1S/C25H16Cl4N2O4/c1-13-2-4-14(5-3-13)12-35-22-15(8-16(26)10-21(22)29)9-18-23(32)30-25(34)31(24(18)33)17-6-7-19(27)20(28)11-17/h2-11H,12H2,1H3,(H,30,32,34)/b18-9+. The normalized spacial score (nSPS) is 14.9. The van der Waals surface area contributed by atoms with Crippen molar-refractivity contribution >= 4 is 76.0 Å². The van der Waals surface area contributed by atoms with Crippen molar-refractivity contribution in [3.8, 4) is 5.75 Å². The number of nitrogens with one attached hydrogen (secondary N) is 1. The lowest BCUT2D eigenvalue weighted by molar-refractivity contribution is -0.122. The van der Waals surface area contributed by atoms with E-state index in [1.807, 2.05) is 31.2 Å². The Hall–Kier alpha value is -3.03. The SMILES string of the molecule is Cc1ccc(COc2c(Cl)cc(Cl)cc2/C=C2\C(=O)NC(=O)N(c3ccc(Cl)c(Cl)c3)C2=O)cc1. The van der Waals surface area contributed by atoms with Gasteiger partial charge in [-0.2, -0.15) is 0 Å². The molecule has 0 aromatic heterocycles. The fourth-order valence-corrected chi connectivity index (χ4v) is 4.21. The van der Waals surface area contributed by atoms with Crippen molar-refractivity contribution in [1.29, 1.82) is 0 Å². The predicted octanol–water partition coefficient (Wildman–Crippen LogP) is 6.85. The number of rotatable bonds is 5. The maximum atomic E-state index is 13.2. The van der Waals surface area contributed by atoms with Gasteiger partial charge in [0.2, 0.25) is 0 Å². The van der Waals surface area contributed by atoms with Gasteiger partial charge in [-0.3, -0.25) is 14.9 Å². The van der Waals surface area contributed by atoms with Gasteiger partial charge in [-0.1, -0.05) is 76.2 Å². The Morgan fingerprint density at radius 2 is 1.60 bits per heavy atom. The Kier molecular flexibility index (Phi) is 7.38. The maximum Gasteiger partial charge on any atom is 0.335 e. The number of carbonyl (C=O) groups excluding carboxylic acids is 3. The molecule has 0 spiro atoms. The van der Waals surface area contributed by atoms with E-state index in [9.17, 15) is 14.4 Å². The van der Waals surface area contributed by atoms with Crippen LogP contribution in [0.5, 0.6) is 5.75 Å². The number of anilines is 1. The number of hydrogen-bond donors (Lipinski definition) is 1. The highest BCUT2D eigenvalue weighted by atomic mass is 35.5. The zero-order valence-corrected chi connectivity index (χ0v) is 21.1.